The summed E-state index contributed by atoms with van der Waals surface area (Å²) in [5.74, 6) is -0.0545. The Kier molecular flexibility index (Phi) is 5.24. The molecule has 0 atom stereocenters. The molecule has 0 spiro atoms. The van der Waals surface area contributed by atoms with Crippen LogP contribution in [-0.4, -0.2) is 29.9 Å². The monoisotopic (exact) mass is 312 g/mol. The van der Waals surface area contributed by atoms with Crippen molar-refractivity contribution >= 4 is 5.91 Å². The number of nitrogens with one attached hydrogen (secondary N) is 1. The van der Waals surface area contributed by atoms with Crippen LogP contribution in [0.4, 0.5) is 13.2 Å². The van der Waals surface area contributed by atoms with Crippen molar-refractivity contribution < 1.29 is 18.0 Å². The maximum Gasteiger partial charge on any atom is 0.416 e. The van der Waals surface area contributed by atoms with Crippen LogP contribution in [-0.2, 0) is 17.5 Å². The zero-order chi connectivity index (χ0) is 16.2. The number of halogens is 3. The van der Waals surface area contributed by atoms with Gasteiger partial charge in [-0.05, 0) is 36.6 Å². The summed E-state index contributed by atoms with van der Waals surface area (Å²) < 4.78 is 37.4. The van der Waals surface area contributed by atoms with Gasteiger partial charge in [0.25, 0.3) is 0 Å². The molecule has 0 unspecified atom stereocenters. The maximum atomic E-state index is 12.5. The van der Waals surface area contributed by atoms with Crippen LogP contribution in [0.3, 0.4) is 0 Å². The Morgan fingerprint density at radius 1 is 1.27 bits per heavy atom. The third-order valence-electron chi connectivity index (χ3n) is 3.86. The summed E-state index contributed by atoms with van der Waals surface area (Å²) in [6, 6.07) is 5.46. The lowest BCUT2D eigenvalue weighted by Crippen LogP contribution is -2.44. The number of rotatable bonds is 4. The predicted octanol–water partition coefficient (Wildman–Crippen LogP) is 2.97. The van der Waals surface area contributed by atoms with Gasteiger partial charge in [0.05, 0.1) is 5.56 Å². The summed E-state index contributed by atoms with van der Waals surface area (Å²) in [6.07, 6.45) is -1.31. The smallest absolute Gasteiger partial charge is 0.339 e. The molecule has 2 rings (SSSR count). The van der Waals surface area contributed by atoms with Crippen LogP contribution in [0.2, 0.25) is 0 Å². The summed E-state index contributed by atoms with van der Waals surface area (Å²) in [6.45, 7) is 5.35. The van der Waals surface area contributed by atoms with Crippen molar-refractivity contribution in [1.82, 2.24) is 10.2 Å². The highest BCUT2D eigenvalue weighted by Crippen LogP contribution is 2.29. The minimum absolute atomic E-state index is 0.0545. The minimum Gasteiger partial charge on any atom is -0.339 e. The third-order valence-corrected chi connectivity index (χ3v) is 3.86. The van der Waals surface area contributed by atoms with Gasteiger partial charge in [0.15, 0.2) is 0 Å². The van der Waals surface area contributed by atoms with Crippen molar-refractivity contribution in [3.63, 3.8) is 0 Å². The Morgan fingerprint density at radius 2 is 1.86 bits per heavy atom. The van der Waals surface area contributed by atoms with Crippen molar-refractivity contribution in [2.75, 3.05) is 13.1 Å². The van der Waals surface area contributed by atoms with Gasteiger partial charge in [-0.15, -0.1) is 0 Å². The molecule has 0 radical (unpaired) electrons. The van der Waals surface area contributed by atoms with E-state index in [0.717, 1.165) is 30.5 Å². The van der Waals surface area contributed by atoms with Crippen LogP contribution in [0.5, 0.6) is 0 Å². The van der Waals surface area contributed by atoms with Gasteiger partial charge >= 0.3 is 6.18 Å². The van der Waals surface area contributed by atoms with Crippen molar-refractivity contribution in [3.05, 3.63) is 48.0 Å². The van der Waals surface area contributed by atoms with E-state index in [0.29, 0.717) is 19.6 Å². The average molecular weight is 312 g/mol. The third kappa shape index (κ3) is 4.34. The lowest BCUT2D eigenvalue weighted by atomic mass is 10.0. The molecule has 22 heavy (non-hydrogen) atoms. The average Bonchev–Trinajstić information content (AvgIpc) is 2.52. The number of amides is 1. The number of hydrogen-bond acceptors (Lipinski definition) is 2. The molecule has 1 N–H and O–H groups in total. The summed E-state index contributed by atoms with van der Waals surface area (Å²) >= 11 is 0. The second-order valence-corrected chi connectivity index (χ2v) is 5.38. The van der Waals surface area contributed by atoms with E-state index < -0.39 is 11.7 Å². The fourth-order valence-corrected chi connectivity index (χ4v) is 2.51. The number of benzene rings is 1. The Labute approximate surface area is 127 Å². The number of piperidine rings is 1. The molecule has 0 saturated carbocycles. The second-order valence-electron chi connectivity index (χ2n) is 5.38. The van der Waals surface area contributed by atoms with E-state index in [2.05, 4.69) is 11.9 Å². The molecule has 0 bridgehead atoms. The van der Waals surface area contributed by atoms with Crippen molar-refractivity contribution in [2.45, 2.75) is 31.6 Å². The van der Waals surface area contributed by atoms with Gasteiger partial charge < -0.3 is 10.2 Å². The first-order valence-electron chi connectivity index (χ1n) is 7.21. The standard InChI is InChI=1S/C16H19F3N2O/c1-2-15(22)21-9-7-14(8-10-21)20-11-12-3-5-13(6-4-12)16(17,18)19/h2-6,14,20H,1,7-11H2. The Morgan fingerprint density at radius 3 is 2.36 bits per heavy atom. The first kappa shape index (κ1) is 16.5. The predicted molar refractivity (Wildman–Crippen MR) is 78.1 cm³/mol. The van der Waals surface area contributed by atoms with Gasteiger partial charge in [-0.1, -0.05) is 18.7 Å². The molecule has 1 saturated heterocycles. The zero-order valence-corrected chi connectivity index (χ0v) is 12.2. The highest BCUT2D eigenvalue weighted by Gasteiger charge is 2.30. The molecule has 3 nitrogen and oxygen atoms in total. The fourth-order valence-electron chi connectivity index (χ4n) is 2.51. The number of likely N-dealkylation sites (tertiary alicyclic amines) is 1. The number of hydrogen-bond donors (Lipinski definition) is 1. The number of nitrogens with zero attached hydrogens (tertiary/aromatic N) is 1. The largest absolute Gasteiger partial charge is 0.416 e. The molecular weight excluding hydrogens is 293 g/mol. The van der Waals surface area contributed by atoms with E-state index in [9.17, 15) is 18.0 Å². The van der Waals surface area contributed by atoms with Crippen LogP contribution in [0, 0.1) is 0 Å². The molecule has 1 amide bonds. The quantitative estimate of drug-likeness (QED) is 0.867. The molecule has 1 aromatic rings. The van der Waals surface area contributed by atoms with Crippen LogP contribution in [0.25, 0.3) is 0 Å². The van der Waals surface area contributed by atoms with Gasteiger partial charge in [-0.3, -0.25) is 4.79 Å². The van der Waals surface area contributed by atoms with Crippen LogP contribution >= 0.6 is 0 Å². The Balaban J connectivity index is 1.79. The number of carbonyl (C=O) groups is 1. The molecule has 6 heteroatoms. The molecule has 0 aromatic heterocycles. The van der Waals surface area contributed by atoms with Gasteiger partial charge in [0, 0.05) is 25.7 Å². The van der Waals surface area contributed by atoms with Crippen LogP contribution in [0.1, 0.15) is 24.0 Å². The van der Waals surface area contributed by atoms with E-state index in [1.165, 1.54) is 18.2 Å². The molecule has 1 heterocycles. The lowest BCUT2D eigenvalue weighted by Gasteiger charge is -2.31. The van der Waals surface area contributed by atoms with Gasteiger partial charge in [-0.2, -0.15) is 13.2 Å². The van der Waals surface area contributed by atoms with E-state index >= 15 is 0 Å². The number of alkyl halides is 3. The topological polar surface area (TPSA) is 32.3 Å². The van der Waals surface area contributed by atoms with Crippen molar-refractivity contribution in [2.24, 2.45) is 0 Å². The van der Waals surface area contributed by atoms with Gasteiger partial charge in [0.1, 0.15) is 0 Å². The molecule has 120 valence electrons. The molecule has 1 aliphatic rings. The van der Waals surface area contributed by atoms with Crippen LogP contribution < -0.4 is 5.32 Å². The molecule has 0 aliphatic carbocycles. The molecule has 1 aromatic carbocycles. The first-order chi connectivity index (χ1) is 10.4. The number of carbonyl (C=O) groups excluding carboxylic acids is 1. The van der Waals surface area contributed by atoms with Gasteiger partial charge in [-0.25, -0.2) is 0 Å². The van der Waals surface area contributed by atoms with E-state index in [-0.39, 0.29) is 11.9 Å². The Bertz CT molecular complexity index is 517. The highest BCUT2D eigenvalue weighted by atomic mass is 19.4. The summed E-state index contributed by atoms with van der Waals surface area (Å²) in [5.41, 5.74) is 0.185. The van der Waals surface area contributed by atoms with E-state index in [1.807, 2.05) is 0 Å². The Hall–Kier alpha value is -1.82. The fraction of sp³-hybridized carbons (Fsp3) is 0.438. The normalized spacial score (nSPS) is 16.6. The highest BCUT2D eigenvalue weighted by molar-refractivity contribution is 5.87. The maximum absolute atomic E-state index is 12.5. The molecule has 1 fully saturated rings. The summed E-state index contributed by atoms with van der Waals surface area (Å²) in [7, 11) is 0. The van der Waals surface area contributed by atoms with E-state index in [1.54, 1.807) is 4.90 Å². The summed E-state index contributed by atoms with van der Waals surface area (Å²) in [4.78, 5) is 13.2. The lowest BCUT2D eigenvalue weighted by molar-refractivity contribution is -0.137. The summed E-state index contributed by atoms with van der Waals surface area (Å²) in [5, 5.41) is 3.33. The first-order valence-corrected chi connectivity index (χ1v) is 7.21. The second kappa shape index (κ2) is 6.96. The van der Waals surface area contributed by atoms with Crippen molar-refractivity contribution in [3.8, 4) is 0 Å². The molecular formula is C16H19F3N2O. The molecule has 1 aliphatic heterocycles. The van der Waals surface area contributed by atoms with Crippen molar-refractivity contribution in [1.29, 1.82) is 0 Å². The minimum atomic E-state index is -4.30. The van der Waals surface area contributed by atoms with E-state index in [4.69, 9.17) is 0 Å². The SMILES string of the molecule is C=CC(=O)N1CCC(NCc2ccc(C(F)(F)F)cc2)CC1. The zero-order valence-electron chi connectivity index (χ0n) is 12.2. The van der Waals surface area contributed by atoms with Gasteiger partial charge in [0.2, 0.25) is 5.91 Å². The van der Waals surface area contributed by atoms with Crippen LogP contribution in [0.15, 0.2) is 36.9 Å².